The van der Waals surface area contributed by atoms with E-state index in [-0.39, 0.29) is 18.1 Å². The van der Waals surface area contributed by atoms with Gasteiger partial charge < -0.3 is 19.5 Å². The number of para-hydroxylation sites is 2. The molecule has 0 radical (unpaired) electrons. The smallest absolute Gasteiger partial charge is 0.275 e. The Hall–Kier alpha value is -3.48. The normalized spacial score (nSPS) is 10.3. The van der Waals surface area contributed by atoms with Gasteiger partial charge in [0.2, 0.25) is 0 Å². The summed E-state index contributed by atoms with van der Waals surface area (Å²) in [5.41, 5.74) is 1.85. The van der Waals surface area contributed by atoms with E-state index < -0.39 is 0 Å². The van der Waals surface area contributed by atoms with E-state index in [0.717, 1.165) is 11.3 Å². The van der Waals surface area contributed by atoms with Crippen molar-refractivity contribution in [3.05, 3.63) is 66.0 Å². The summed E-state index contributed by atoms with van der Waals surface area (Å²) in [4.78, 5) is 12.7. The van der Waals surface area contributed by atoms with E-state index >= 15 is 0 Å². The molecule has 27 heavy (non-hydrogen) atoms. The maximum atomic E-state index is 12.7. The van der Waals surface area contributed by atoms with E-state index in [4.69, 9.17) is 14.2 Å². The van der Waals surface area contributed by atoms with Crippen molar-refractivity contribution in [1.82, 2.24) is 15.1 Å². The van der Waals surface area contributed by atoms with Crippen LogP contribution < -0.4 is 19.5 Å². The summed E-state index contributed by atoms with van der Waals surface area (Å²) < 4.78 is 17.6. The van der Waals surface area contributed by atoms with Crippen molar-refractivity contribution in [1.29, 1.82) is 0 Å². The van der Waals surface area contributed by atoms with Crippen molar-refractivity contribution >= 4 is 5.91 Å². The number of hydrogen-bond donors (Lipinski definition) is 1. The molecule has 0 saturated carbocycles. The van der Waals surface area contributed by atoms with Crippen molar-refractivity contribution in [2.24, 2.45) is 0 Å². The minimum Gasteiger partial charge on any atom is -0.493 e. The Morgan fingerprint density at radius 1 is 0.963 bits per heavy atom. The number of rotatable bonds is 7. The van der Waals surface area contributed by atoms with Crippen molar-refractivity contribution in [3.63, 3.8) is 0 Å². The standard InChI is InChI=1S/C20H21N3O4/c1-25-16-11-7-8-14(19(16)27-3)12-21-20(24)18-17(26-2)13-23(22-18)15-9-5-4-6-10-15/h4-11,13H,12H2,1-3H3,(H,21,24). The summed E-state index contributed by atoms with van der Waals surface area (Å²) in [7, 11) is 4.64. The van der Waals surface area contributed by atoms with Crippen molar-refractivity contribution in [2.75, 3.05) is 21.3 Å². The molecular formula is C20H21N3O4. The monoisotopic (exact) mass is 367 g/mol. The number of hydrogen-bond acceptors (Lipinski definition) is 5. The van der Waals surface area contributed by atoms with Gasteiger partial charge in [0.1, 0.15) is 0 Å². The summed E-state index contributed by atoms with van der Waals surface area (Å²) in [6, 6.07) is 15.0. The van der Waals surface area contributed by atoms with E-state index in [0.29, 0.717) is 17.2 Å². The topological polar surface area (TPSA) is 74.6 Å². The molecule has 140 valence electrons. The van der Waals surface area contributed by atoms with Crippen LogP contribution in [0.5, 0.6) is 17.2 Å². The summed E-state index contributed by atoms with van der Waals surface area (Å²) in [6.45, 7) is 0.264. The molecule has 3 rings (SSSR count). The molecule has 1 aromatic heterocycles. The van der Waals surface area contributed by atoms with Gasteiger partial charge in [-0.2, -0.15) is 5.10 Å². The summed E-state index contributed by atoms with van der Waals surface area (Å²) >= 11 is 0. The summed E-state index contributed by atoms with van der Waals surface area (Å²) in [5, 5.41) is 7.21. The number of carbonyl (C=O) groups excluding carboxylic acids is 1. The van der Waals surface area contributed by atoms with E-state index in [1.165, 1.54) is 7.11 Å². The number of nitrogens with one attached hydrogen (secondary N) is 1. The van der Waals surface area contributed by atoms with Crippen molar-refractivity contribution < 1.29 is 19.0 Å². The second-order valence-corrected chi connectivity index (χ2v) is 5.66. The maximum Gasteiger partial charge on any atom is 0.275 e. The fraction of sp³-hybridized carbons (Fsp3) is 0.200. The molecule has 7 heteroatoms. The van der Waals surface area contributed by atoms with Crippen molar-refractivity contribution in [3.8, 4) is 22.9 Å². The Morgan fingerprint density at radius 3 is 2.37 bits per heavy atom. The predicted octanol–water partition coefficient (Wildman–Crippen LogP) is 2.83. The van der Waals surface area contributed by atoms with Crippen LogP contribution in [-0.2, 0) is 6.54 Å². The van der Waals surface area contributed by atoms with Gasteiger partial charge in [0.05, 0.1) is 33.2 Å². The third-order valence-electron chi connectivity index (χ3n) is 4.06. The van der Waals surface area contributed by atoms with E-state index in [2.05, 4.69) is 10.4 Å². The molecule has 1 amide bonds. The second kappa shape index (κ2) is 8.27. The molecule has 0 saturated heterocycles. The second-order valence-electron chi connectivity index (χ2n) is 5.66. The number of ether oxygens (including phenoxy) is 3. The number of aromatic nitrogens is 2. The first-order valence-electron chi connectivity index (χ1n) is 8.35. The van der Waals surface area contributed by atoms with Gasteiger partial charge in [0, 0.05) is 12.1 Å². The van der Waals surface area contributed by atoms with Gasteiger partial charge >= 0.3 is 0 Å². The highest BCUT2D eigenvalue weighted by Gasteiger charge is 2.19. The highest BCUT2D eigenvalue weighted by Crippen LogP contribution is 2.30. The first kappa shape index (κ1) is 18.3. The van der Waals surface area contributed by atoms with Gasteiger partial charge in [0.25, 0.3) is 5.91 Å². The van der Waals surface area contributed by atoms with Crippen LogP contribution in [0.15, 0.2) is 54.7 Å². The van der Waals surface area contributed by atoms with Gasteiger partial charge in [-0.3, -0.25) is 4.79 Å². The highest BCUT2D eigenvalue weighted by atomic mass is 16.5. The Morgan fingerprint density at radius 2 is 1.70 bits per heavy atom. The Bertz CT molecular complexity index is 922. The molecule has 7 nitrogen and oxygen atoms in total. The van der Waals surface area contributed by atoms with Gasteiger partial charge in [-0.05, 0) is 18.2 Å². The molecule has 0 unspecified atom stereocenters. The largest absolute Gasteiger partial charge is 0.493 e. The molecule has 0 aliphatic heterocycles. The van der Waals surface area contributed by atoms with Gasteiger partial charge in [-0.1, -0.05) is 30.3 Å². The van der Waals surface area contributed by atoms with Crippen LogP contribution in [0.2, 0.25) is 0 Å². The minimum absolute atomic E-state index is 0.211. The molecule has 0 aliphatic carbocycles. The Balaban J connectivity index is 1.80. The SMILES string of the molecule is COc1cn(-c2ccccc2)nc1C(=O)NCc1cccc(OC)c1OC. The summed E-state index contributed by atoms with van der Waals surface area (Å²) in [5.74, 6) is 1.25. The molecule has 0 aliphatic rings. The average Bonchev–Trinajstić information content (AvgIpc) is 3.16. The van der Waals surface area contributed by atoms with Crippen LogP contribution in [0.1, 0.15) is 16.1 Å². The van der Waals surface area contributed by atoms with Crippen LogP contribution in [0.4, 0.5) is 0 Å². The molecule has 3 aromatic rings. The van der Waals surface area contributed by atoms with Gasteiger partial charge in [-0.15, -0.1) is 0 Å². The molecule has 0 fully saturated rings. The number of benzene rings is 2. The predicted molar refractivity (Wildman–Crippen MR) is 101 cm³/mol. The lowest BCUT2D eigenvalue weighted by Crippen LogP contribution is -2.24. The fourth-order valence-electron chi connectivity index (χ4n) is 2.73. The quantitative estimate of drug-likeness (QED) is 0.695. The first-order chi connectivity index (χ1) is 13.2. The van der Waals surface area contributed by atoms with Crippen LogP contribution in [0, 0.1) is 0 Å². The Labute approximate surface area is 157 Å². The number of carbonyl (C=O) groups is 1. The van der Waals surface area contributed by atoms with E-state index in [1.54, 1.807) is 31.2 Å². The highest BCUT2D eigenvalue weighted by molar-refractivity contribution is 5.95. The van der Waals surface area contributed by atoms with Gasteiger partial charge in [0.15, 0.2) is 22.9 Å². The molecule has 0 atom stereocenters. The fourth-order valence-corrected chi connectivity index (χ4v) is 2.73. The van der Waals surface area contributed by atoms with E-state index in [1.807, 2.05) is 42.5 Å². The first-order valence-corrected chi connectivity index (χ1v) is 8.35. The molecular weight excluding hydrogens is 346 g/mol. The van der Waals surface area contributed by atoms with Crippen LogP contribution in [0.3, 0.4) is 0 Å². The number of amides is 1. The number of methoxy groups -OCH3 is 3. The average molecular weight is 367 g/mol. The lowest BCUT2D eigenvalue weighted by atomic mass is 10.2. The van der Waals surface area contributed by atoms with Crippen LogP contribution in [-0.4, -0.2) is 37.0 Å². The zero-order valence-corrected chi connectivity index (χ0v) is 15.4. The number of nitrogens with zero attached hydrogens (tertiary/aromatic N) is 2. The third-order valence-corrected chi connectivity index (χ3v) is 4.06. The molecule has 2 aromatic carbocycles. The lowest BCUT2D eigenvalue weighted by Gasteiger charge is -2.13. The maximum absolute atomic E-state index is 12.7. The molecule has 0 bridgehead atoms. The van der Waals surface area contributed by atoms with Crippen LogP contribution >= 0.6 is 0 Å². The minimum atomic E-state index is -0.341. The zero-order chi connectivity index (χ0) is 19.2. The zero-order valence-electron chi connectivity index (χ0n) is 15.4. The molecule has 1 heterocycles. The van der Waals surface area contributed by atoms with E-state index in [9.17, 15) is 4.79 Å². The lowest BCUT2D eigenvalue weighted by molar-refractivity contribution is 0.0942. The third kappa shape index (κ3) is 3.87. The molecule has 1 N–H and O–H groups in total. The van der Waals surface area contributed by atoms with Crippen LogP contribution in [0.25, 0.3) is 5.69 Å². The van der Waals surface area contributed by atoms with Crippen molar-refractivity contribution in [2.45, 2.75) is 6.54 Å². The Kier molecular flexibility index (Phi) is 5.61. The summed E-state index contributed by atoms with van der Waals surface area (Å²) in [6.07, 6.45) is 1.68. The van der Waals surface area contributed by atoms with Gasteiger partial charge in [-0.25, -0.2) is 4.68 Å². The molecule has 0 spiro atoms.